The van der Waals surface area contributed by atoms with Gasteiger partial charge in [0.2, 0.25) is 0 Å². The third-order valence-electron chi connectivity index (χ3n) is 2.54. The van der Waals surface area contributed by atoms with E-state index < -0.39 is 0 Å². The third kappa shape index (κ3) is 4.07. The molecule has 0 unspecified atom stereocenters. The van der Waals surface area contributed by atoms with E-state index in [4.69, 9.17) is 15.2 Å². The molecule has 0 spiro atoms. The Kier molecular flexibility index (Phi) is 5.49. The number of hydrogen-bond donors (Lipinski definition) is 1. The molecule has 0 heterocycles. The van der Waals surface area contributed by atoms with E-state index >= 15 is 0 Å². The largest absolute Gasteiger partial charge is 0.494 e. The van der Waals surface area contributed by atoms with Gasteiger partial charge in [-0.15, -0.1) is 0 Å². The minimum atomic E-state index is -0.280. The van der Waals surface area contributed by atoms with Crippen LogP contribution in [0.5, 0.6) is 5.75 Å². The second-order valence-electron chi connectivity index (χ2n) is 3.74. The second-order valence-corrected chi connectivity index (χ2v) is 3.74. The maximum Gasteiger partial charge on any atom is 0.310 e. The Bertz CT molecular complexity index is 348. The number of esters is 1. The van der Waals surface area contributed by atoms with Gasteiger partial charge in [-0.05, 0) is 31.0 Å². The van der Waals surface area contributed by atoms with E-state index in [1.54, 1.807) is 0 Å². The monoisotopic (exact) mass is 237 g/mol. The summed E-state index contributed by atoms with van der Waals surface area (Å²) >= 11 is 0. The van der Waals surface area contributed by atoms with E-state index in [1.807, 2.05) is 31.2 Å². The van der Waals surface area contributed by atoms with Gasteiger partial charge in [-0.25, -0.2) is 0 Å². The Morgan fingerprint density at radius 3 is 2.47 bits per heavy atom. The standard InChI is InChI=1S/C13H19NO3/c1-3-17-12-6-4-10(5-7-12)8-11(9-14)13(15)16-2/h4-7,11H,3,8-9,14H2,1-2H3/t11-/m0/s1. The van der Waals surface area contributed by atoms with Crippen LogP contribution in [-0.2, 0) is 16.0 Å². The first-order valence-electron chi connectivity index (χ1n) is 5.70. The van der Waals surface area contributed by atoms with Gasteiger partial charge in [0, 0.05) is 6.54 Å². The number of carbonyl (C=O) groups is 1. The number of hydrogen-bond acceptors (Lipinski definition) is 4. The van der Waals surface area contributed by atoms with Crippen molar-refractivity contribution >= 4 is 5.97 Å². The number of ether oxygens (including phenoxy) is 2. The molecule has 1 aromatic rings. The molecule has 1 atom stereocenters. The van der Waals surface area contributed by atoms with Gasteiger partial charge in [0.1, 0.15) is 5.75 Å². The lowest BCUT2D eigenvalue weighted by Gasteiger charge is -2.12. The molecule has 0 aromatic heterocycles. The van der Waals surface area contributed by atoms with Gasteiger partial charge in [0.25, 0.3) is 0 Å². The summed E-state index contributed by atoms with van der Waals surface area (Å²) in [6, 6.07) is 7.67. The predicted molar refractivity (Wildman–Crippen MR) is 65.9 cm³/mol. The van der Waals surface area contributed by atoms with Gasteiger partial charge < -0.3 is 15.2 Å². The molecular formula is C13H19NO3. The normalized spacial score (nSPS) is 11.9. The minimum Gasteiger partial charge on any atom is -0.494 e. The van der Waals surface area contributed by atoms with Gasteiger partial charge in [-0.1, -0.05) is 12.1 Å². The molecule has 0 radical (unpaired) electrons. The summed E-state index contributed by atoms with van der Waals surface area (Å²) in [6.07, 6.45) is 0.593. The molecule has 4 nitrogen and oxygen atoms in total. The molecule has 0 bridgehead atoms. The first-order valence-corrected chi connectivity index (χ1v) is 5.70. The lowest BCUT2D eigenvalue weighted by Crippen LogP contribution is -2.26. The molecular weight excluding hydrogens is 218 g/mol. The lowest BCUT2D eigenvalue weighted by atomic mass is 9.99. The highest BCUT2D eigenvalue weighted by molar-refractivity contribution is 5.72. The van der Waals surface area contributed by atoms with E-state index in [1.165, 1.54) is 7.11 Å². The van der Waals surface area contributed by atoms with Crippen molar-refractivity contribution in [1.29, 1.82) is 0 Å². The van der Waals surface area contributed by atoms with Gasteiger partial charge in [0.05, 0.1) is 19.6 Å². The molecule has 2 N–H and O–H groups in total. The Hall–Kier alpha value is -1.55. The summed E-state index contributed by atoms with van der Waals surface area (Å²) in [4.78, 5) is 11.4. The smallest absolute Gasteiger partial charge is 0.310 e. The number of rotatable bonds is 6. The highest BCUT2D eigenvalue weighted by atomic mass is 16.5. The SMILES string of the molecule is CCOc1ccc(C[C@@H](CN)C(=O)OC)cc1. The highest BCUT2D eigenvalue weighted by Gasteiger charge is 2.17. The van der Waals surface area contributed by atoms with Crippen LogP contribution in [0.3, 0.4) is 0 Å². The van der Waals surface area contributed by atoms with Gasteiger partial charge in [-0.3, -0.25) is 4.79 Å². The first-order chi connectivity index (χ1) is 8.21. The van der Waals surface area contributed by atoms with Gasteiger partial charge >= 0.3 is 5.97 Å². The van der Waals surface area contributed by atoms with Crippen molar-refractivity contribution in [3.63, 3.8) is 0 Å². The van der Waals surface area contributed by atoms with Crippen molar-refractivity contribution in [3.05, 3.63) is 29.8 Å². The average molecular weight is 237 g/mol. The van der Waals surface area contributed by atoms with Crippen LogP contribution in [-0.4, -0.2) is 26.2 Å². The maximum absolute atomic E-state index is 11.4. The Balaban J connectivity index is 2.64. The summed E-state index contributed by atoms with van der Waals surface area (Å²) < 4.78 is 10.0. The molecule has 94 valence electrons. The van der Waals surface area contributed by atoms with Crippen LogP contribution in [0.2, 0.25) is 0 Å². The fraction of sp³-hybridized carbons (Fsp3) is 0.462. The number of carbonyl (C=O) groups excluding carboxylic acids is 1. The van der Waals surface area contributed by atoms with E-state index in [0.29, 0.717) is 19.6 Å². The zero-order chi connectivity index (χ0) is 12.7. The first kappa shape index (κ1) is 13.5. The third-order valence-corrected chi connectivity index (χ3v) is 2.54. The minimum absolute atomic E-state index is 0.263. The van der Waals surface area contributed by atoms with Crippen molar-refractivity contribution in [3.8, 4) is 5.75 Å². The van der Waals surface area contributed by atoms with Crippen molar-refractivity contribution < 1.29 is 14.3 Å². The van der Waals surface area contributed by atoms with Crippen LogP contribution >= 0.6 is 0 Å². The molecule has 0 saturated carbocycles. The molecule has 0 saturated heterocycles. The number of nitrogens with two attached hydrogens (primary N) is 1. The van der Waals surface area contributed by atoms with E-state index in [-0.39, 0.29) is 11.9 Å². The zero-order valence-corrected chi connectivity index (χ0v) is 10.3. The zero-order valence-electron chi connectivity index (χ0n) is 10.3. The molecule has 1 aromatic carbocycles. The van der Waals surface area contributed by atoms with Crippen LogP contribution in [0.25, 0.3) is 0 Å². The van der Waals surface area contributed by atoms with Crippen molar-refractivity contribution in [2.45, 2.75) is 13.3 Å². The average Bonchev–Trinajstić information content (AvgIpc) is 2.37. The molecule has 0 amide bonds. The number of methoxy groups -OCH3 is 1. The highest BCUT2D eigenvalue weighted by Crippen LogP contribution is 2.15. The van der Waals surface area contributed by atoms with Crippen LogP contribution in [0.1, 0.15) is 12.5 Å². The summed E-state index contributed by atoms with van der Waals surface area (Å²) in [5.41, 5.74) is 6.60. The molecule has 17 heavy (non-hydrogen) atoms. The van der Waals surface area contributed by atoms with E-state index in [9.17, 15) is 4.79 Å². The topological polar surface area (TPSA) is 61.5 Å². The molecule has 0 aliphatic heterocycles. The molecule has 1 rings (SSSR count). The predicted octanol–water partition coefficient (Wildman–Crippen LogP) is 1.38. The fourth-order valence-corrected chi connectivity index (χ4v) is 1.60. The Morgan fingerprint density at radius 1 is 1.35 bits per heavy atom. The van der Waals surface area contributed by atoms with Crippen molar-refractivity contribution in [1.82, 2.24) is 0 Å². The second kappa shape index (κ2) is 6.91. The molecule has 0 aliphatic rings. The Labute approximate surface area is 102 Å². The molecule has 0 fully saturated rings. The Morgan fingerprint density at radius 2 is 2.00 bits per heavy atom. The maximum atomic E-state index is 11.4. The van der Waals surface area contributed by atoms with Crippen LogP contribution in [0.4, 0.5) is 0 Å². The van der Waals surface area contributed by atoms with E-state index in [0.717, 1.165) is 11.3 Å². The summed E-state index contributed by atoms with van der Waals surface area (Å²) in [5, 5.41) is 0. The quantitative estimate of drug-likeness (QED) is 0.759. The van der Waals surface area contributed by atoms with Crippen molar-refractivity contribution in [2.24, 2.45) is 11.7 Å². The molecule has 4 heteroatoms. The fourth-order valence-electron chi connectivity index (χ4n) is 1.60. The molecule has 0 aliphatic carbocycles. The van der Waals surface area contributed by atoms with Crippen molar-refractivity contribution in [2.75, 3.05) is 20.3 Å². The summed E-state index contributed by atoms with van der Waals surface area (Å²) in [6.45, 7) is 2.88. The van der Waals surface area contributed by atoms with E-state index in [2.05, 4.69) is 0 Å². The van der Waals surface area contributed by atoms with Crippen LogP contribution in [0, 0.1) is 5.92 Å². The summed E-state index contributed by atoms with van der Waals surface area (Å²) in [7, 11) is 1.38. The van der Waals surface area contributed by atoms with Gasteiger partial charge in [0.15, 0.2) is 0 Å². The van der Waals surface area contributed by atoms with Crippen LogP contribution in [0.15, 0.2) is 24.3 Å². The van der Waals surface area contributed by atoms with Gasteiger partial charge in [-0.2, -0.15) is 0 Å². The lowest BCUT2D eigenvalue weighted by molar-refractivity contribution is -0.145. The number of benzene rings is 1. The summed E-state index contributed by atoms with van der Waals surface area (Å²) in [5.74, 6) is 0.290. The van der Waals surface area contributed by atoms with Crippen LogP contribution < -0.4 is 10.5 Å².